The topological polar surface area (TPSA) is 0 Å². The van der Waals surface area contributed by atoms with E-state index in [-0.39, 0.29) is 0 Å². The molecule has 1 unspecified atom stereocenters. The van der Waals surface area contributed by atoms with Gasteiger partial charge in [0, 0.05) is 0 Å². The third kappa shape index (κ3) is 2.06. The summed E-state index contributed by atoms with van der Waals surface area (Å²) in [6, 6.07) is 2.25. The molecule has 1 heterocycles. The van der Waals surface area contributed by atoms with Gasteiger partial charge in [-0.1, -0.05) is 20.8 Å². The number of rotatable bonds is 3. The number of hydrogen-bond acceptors (Lipinski definition) is 1. The molecule has 0 aliphatic rings. The normalized spacial score (nSPS) is 13.8. The minimum Gasteiger partial charge on any atom is -0.152 e. The molecule has 1 heteroatoms. The molecule has 0 fully saturated rings. The van der Waals surface area contributed by atoms with Crippen molar-refractivity contribution in [2.24, 2.45) is 5.92 Å². The summed E-state index contributed by atoms with van der Waals surface area (Å²) in [4.78, 5) is 0. The molecular weight excluding hydrogens is 152 g/mol. The predicted octanol–water partition coefficient (Wildman–Crippen LogP) is 3.90. The summed E-state index contributed by atoms with van der Waals surface area (Å²) in [5.74, 6) is 1.54. The van der Waals surface area contributed by atoms with E-state index in [1.807, 2.05) is 0 Å². The Balaban J connectivity index is 2.71. The summed E-state index contributed by atoms with van der Waals surface area (Å²) in [7, 11) is 0. The fourth-order valence-electron chi connectivity index (χ4n) is 1.58. The van der Waals surface area contributed by atoms with Gasteiger partial charge in [-0.15, -0.1) is 0 Å². The van der Waals surface area contributed by atoms with E-state index in [9.17, 15) is 0 Å². The Kier molecular flexibility index (Phi) is 3.13. The maximum Gasteiger partial charge on any atom is -0.00583 e. The molecule has 11 heavy (non-hydrogen) atoms. The van der Waals surface area contributed by atoms with E-state index in [1.54, 1.807) is 11.3 Å². The summed E-state index contributed by atoms with van der Waals surface area (Å²) < 4.78 is 0. The molecule has 0 aromatic carbocycles. The van der Waals surface area contributed by atoms with Crippen LogP contribution < -0.4 is 0 Å². The molecular formula is C10H16S. The zero-order valence-electron chi connectivity index (χ0n) is 7.50. The SMILES string of the molecule is CCC(c1ccsc1)C(C)C. The van der Waals surface area contributed by atoms with E-state index in [0.717, 1.165) is 11.8 Å². The molecule has 0 nitrogen and oxygen atoms in total. The van der Waals surface area contributed by atoms with Gasteiger partial charge in [0.25, 0.3) is 0 Å². The maximum absolute atomic E-state index is 2.30. The Morgan fingerprint density at radius 2 is 2.18 bits per heavy atom. The van der Waals surface area contributed by atoms with Gasteiger partial charge in [0.05, 0.1) is 0 Å². The van der Waals surface area contributed by atoms with Crippen LogP contribution in [0.2, 0.25) is 0 Å². The Morgan fingerprint density at radius 3 is 2.55 bits per heavy atom. The van der Waals surface area contributed by atoms with Gasteiger partial charge in [0.1, 0.15) is 0 Å². The van der Waals surface area contributed by atoms with E-state index in [4.69, 9.17) is 0 Å². The molecule has 0 aliphatic carbocycles. The molecule has 0 bridgehead atoms. The Morgan fingerprint density at radius 1 is 1.45 bits per heavy atom. The van der Waals surface area contributed by atoms with Crippen molar-refractivity contribution < 1.29 is 0 Å². The first-order valence-corrected chi connectivity index (χ1v) is 5.22. The zero-order valence-corrected chi connectivity index (χ0v) is 8.32. The predicted molar refractivity (Wildman–Crippen MR) is 52.2 cm³/mol. The van der Waals surface area contributed by atoms with Crippen molar-refractivity contribution in [3.8, 4) is 0 Å². The lowest BCUT2D eigenvalue weighted by molar-refractivity contribution is 0.486. The summed E-state index contributed by atoms with van der Waals surface area (Å²) in [6.07, 6.45) is 1.26. The molecule has 62 valence electrons. The van der Waals surface area contributed by atoms with Gasteiger partial charge in [0.2, 0.25) is 0 Å². The van der Waals surface area contributed by atoms with E-state index in [0.29, 0.717) is 0 Å². The minimum absolute atomic E-state index is 0.765. The van der Waals surface area contributed by atoms with E-state index >= 15 is 0 Å². The quantitative estimate of drug-likeness (QED) is 0.642. The molecule has 0 radical (unpaired) electrons. The second-order valence-corrected chi connectivity index (χ2v) is 4.10. The highest BCUT2D eigenvalue weighted by atomic mass is 32.1. The van der Waals surface area contributed by atoms with E-state index < -0.39 is 0 Å². The van der Waals surface area contributed by atoms with Crippen LogP contribution in [0.5, 0.6) is 0 Å². The third-order valence-corrected chi connectivity index (χ3v) is 2.92. The first kappa shape index (κ1) is 8.79. The monoisotopic (exact) mass is 168 g/mol. The van der Waals surface area contributed by atoms with Crippen molar-refractivity contribution in [1.29, 1.82) is 0 Å². The molecule has 0 N–H and O–H groups in total. The molecule has 1 aromatic rings. The fourth-order valence-corrected chi connectivity index (χ4v) is 2.30. The summed E-state index contributed by atoms with van der Waals surface area (Å²) in [5, 5.41) is 4.44. The van der Waals surface area contributed by atoms with Gasteiger partial charge < -0.3 is 0 Å². The van der Waals surface area contributed by atoms with Crippen LogP contribution >= 0.6 is 11.3 Å². The van der Waals surface area contributed by atoms with Crippen molar-refractivity contribution in [2.75, 3.05) is 0 Å². The molecule has 1 rings (SSSR count). The minimum atomic E-state index is 0.765. The lowest BCUT2D eigenvalue weighted by Crippen LogP contribution is -2.03. The Hall–Kier alpha value is -0.300. The van der Waals surface area contributed by atoms with Crippen LogP contribution in [0.4, 0.5) is 0 Å². The van der Waals surface area contributed by atoms with E-state index in [1.165, 1.54) is 12.0 Å². The second-order valence-electron chi connectivity index (χ2n) is 3.32. The molecule has 0 saturated heterocycles. The Bertz CT molecular complexity index is 187. The van der Waals surface area contributed by atoms with Crippen molar-refractivity contribution in [1.82, 2.24) is 0 Å². The van der Waals surface area contributed by atoms with Crippen LogP contribution in [-0.4, -0.2) is 0 Å². The first-order valence-electron chi connectivity index (χ1n) is 4.27. The first-order chi connectivity index (χ1) is 5.25. The lowest BCUT2D eigenvalue weighted by Gasteiger charge is -2.17. The molecule has 0 amide bonds. The highest BCUT2D eigenvalue weighted by Gasteiger charge is 2.12. The summed E-state index contributed by atoms with van der Waals surface area (Å²) in [5.41, 5.74) is 1.52. The average molecular weight is 168 g/mol. The van der Waals surface area contributed by atoms with Crippen molar-refractivity contribution in [3.05, 3.63) is 22.4 Å². The molecule has 0 saturated carbocycles. The molecule has 1 aromatic heterocycles. The number of thiophene rings is 1. The van der Waals surface area contributed by atoms with Gasteiger partial charge in [0.15, 0.2) is 0 Å². The fraction of sp³-hybridized carbons (Fsp3) is 0.600. The maximum atomic E-state index is 2.30. The smallest absolute Gasteiger partial charge is 0.00583 e. The highest BCUT2D eigenvalue weighted by Crippen LogP contribution is 2.28. The van der Waals surface area contributed by atoms with Gasteiger partial charge in [-0.2, -0.15) is 11.3 Å². The van der Waals surface area contributed by atoms with Crippen LogP contribution in [0.1, 0.15) is 38.7 Å². The highest BCUT2D eigenvalue weighted by molar-refractivity contribution is 7.07. The van der Waals surface area contributed by atoms with Gasteiger partial charge in [-0.05, 0) is 40.6 Å². The largest absolute Gasteiger partial charge is 0.152 e. The summed E-state index contributed by atoms with van der Waals surface area (Å²) >= 11 is 1.80. The third-order valence-electron chi connectivity index (χ3n) is 2.22. The summed E-state index contributed by atoms with van der Waals surface area (Å²) in [6.45, 7) is 6.86. The lowest BCUT2D eigenvalue weighted by atomic mass is 9.88. The number of hydrogen-bond donors (Lipinski definition) is 0. The van der Waals surface area contributed by atoms with Gasteiger partial charge >= 0.3 is 0 Å². The van der Waals surface area contributed by atoms with Crippen molar-refractivity contribution in [3.63, 3.8) is 0 Å². The second kappa shape index (κ2) is 3.91. The standard InChI is InChI=1S/C10H16S/c1-4-10(8(2)3)9-5-6-11-7-9/h5-8,10H,4H2,1-3H3. The van der Waals surface area contributed by atoms with Crippen LogP contribution in [0.3, 0.4) is 0 Å². The molecule has 0 aliphatic heterocycles. The van der Waals surface area contributed by atoms with Crippen LogP contribution in [0, 0.1) is 5.92 Å². The van der Waals surface area contributed by atoms with Gasteiger partial charge in [-0.25, -0.2) is 0 Å². The van der Waals surface area contributed by atoms with Crippen molar-refractivity contribution >= 4 is 11.3 Å². The molecule has 0 spiro atoms. The van der Waals surface area contributed by atoms with Crippen LogP contribution in [0.15, 0.2) is 16.8 Å². The zero-order chi connectivity index (χ0) is 8.27. The van der Waals surface area contributed by atoms with Crippen LogP contribution in [0.25, 0.3) is 0 Å². The van der Waals surface area contributed by atoms with E-state index in [2.05, 4.69) is 37.6 Å². The Labute approximate surface area is 73.3 Å². The van der Waals surface area contributed by atoms with Crippen LogP contribution in [-0.2, 0) is 0 Å². The van der Waals surface area contributed by atoms with Crippen molar-refractivity contribution in [2.45, 2.75) is 33.1 Å². The average Bonchev–Trinajstić information content (AvgIpc) is 2.40. The van der Waals surface area contributed by atoms with Gasteiger partial charge in [-0.3, -0.25) is 0 Å². The molecule has 1 atom stereocenters.